The van der Waals surface area contributed by atoms with E-state index in [-0.39, 0.29) is 18.6 Å². The number of ether oxygens (including phenoxy) is 2. The van der Waals surface area contributed by atoms with E-state index in [0.717, 1.165) is 5.69 Å². The maximum atomic E-state index is 11.0. The predicted octanol–water partition coefficient (Wildman–Crippen LogP) is 1.16. The summed E-state index contributed by atoms with van der Waals surface area (Å²) in [6, 6.07) is 1.74. The summed E-state index contributed by atoms with van der Waals surface area (Å²) in [5.74, 6) is 0.465. The van der Waals surface area contributed by atoms with Crippen molar-refractivity contribution in [1.82, 2.24) is 9.97 Å². The molecular weight excluding hydrogens is 222 g/mol. The van der Waals surface area contributed by atoms with Crippen molar-refractivity contribution in [2.75, 3.05) is 19.0 Å². The Labute approximate surface area is 100 Å². The van der Waals surface area contributed by atoms with E-state index in [1.165, 1.54) is 7.11 Å². The van der Waals surface area contributed by atoms with Crippen LogP contribution in [0.4, 0.5) is 5.95 Å². The highest BCUT2D eigenvalue weighted by Gasteiger charge is 2.06. The summed E-state index contributed by atoms with van der Waals surface area (Å²) < 4.78 is 9.97. The highest BCUT2D eigenvalue weighted by molar-refractivity contribution is 5.74. The molecule has 1 rings (SSSR count). The van der Waals surface area contributed by atoms with E-state index < -0.39 is 0 Å². The zero-order chi connectivity index (χ0) is 12.8. The van der Waals surface area contributed by atoms with Gasteiger partial charge in [-0.05, 0) is 20.8 Å². The Morgan fingerprint density at radius 1 is 1.47 bits per heavy atom. The molecule has 0 atom stereocenters. The molecule has 0 aliphatic rings. The van der Waals surface area contributed by atoms with Gasteiger partial charge in [-0.1, -0.05) is 0 Å². The molecule has 0 bridgehead atoms. The molecule has 17 heavy (non-hydrogen) atoms. The summed E-state index contributed by atoms with van der Waals surface area (Å²) in [6.07, 6.45) is 0.0396. The maximum absolute atomic E-state index is 11.0. The van der Waals surface area contributed by atoms with Crippen LogP contribution in [0.15, 0.2) is 6.07 Å². The number of carbonyl (C=O) groups excluding carboxylic acids is 1. The van der Waals surface area contributed by atoms with Crippen molar-refractivity contribution in [3.63, 3.8) is 0 Å². The van der Waals surface area contributed by atoms with Crippen LogP contribution in [0.2, 0.25) is 0 Å². The summed E-state index contributed by atoms with van der Waals surface area (Å²) in [6.45, 7) is 5.69. The number of aromatic nitrogens is 2. The number of esters is 1. The summed E-state index contributed by atoms with van der Waals surface area (Å²) in [5, 5.41) is 2.77. The van der Waals surface area contributed by atoms with Crippen molar-refractivity contribution in [2.24, 2.45) is 0 Å². The lowest BCUT2D eigenvalue weighted by molar-refractivity contribution is -0.138. The molecule has 0 spiro atoms. The third kappa shape index (κ3) is 4.67. The number of methoxy groups -OCH3 is 1. The van der Waals surface area contributed by atoms with Gasteiger partial charge in [-0.2, -0.15) is 4.98 Å². The van der Waals surface area contributed by atoms with Gasteiger partial charge in [0, 0.05) is 11.8 Å². The lowest BCUT2D eigenvalue weighted by Gasteiger charge is -2.10. The van der Waals surface area contributed by atoms with Gasteiger partial charge in [0.15, 0.2) is 0 Å². The van der Waals surface area contributed by atoms with Crippen LogP contribution in [0.3, 0.4) is 0 Å². The minimum atomic E-state index is -0.374. The molecule has 1 aromatic heterocycles. The van der Waals surface area contributed by atoms with Gasteiger partial charge in [0.25, 0.3) is 0 Å². The highest BCUT2D eigenvalue weighted by Crippen LogP contribution is 2.13. The number of nitrogens with zero attached hydrogens (tertiary/aromatic N) is 2. The average Bonchev–Trinajstić information content (AvgIpc) is 2.24. The molecule has 6 nitrogen and oxygen atoms in total. The zero-order valence-corrected chi connectivity index (χ0v) is 10.5. The molecule has 0 unspecified atom stereocenters. The van der Waals surface area contributed by atoms with Crippen molar-refractivity contribution < 1.29 is 14.3 Å². The number of carbonyl (C=O) groups is 1. The number of nitrogens with one attached hydrogen (secondary N) is 1. The van der Waals surface area contributed by atoms with E-state index >= 15 is 0 Å². The van der Waals surface area contributed by atoms with Crippen LogP contribution in [-0.2, 0) is 9.53 Å². The van der Waals surface area contributed by atoms with Crippen molar-refractivity contribution in [2.45, 2.75) is 26.9 Å². The second kappa shape index (κ2) is 6.03. The van der Waals surface area contributed by atoms with E-state index in [2.05, 4.69) is 20.0 Å². The van der Waals surface area contributed by atoms with Crippen LogP contribution in [0.25, 0.3) is 0 Å². The van der Waals surface area contributed by atoms with Gasteiger partial charge < -0.3 is 14.8 Å². The molecule has 0 fully saturated rings. The van der Waals surface area contributed by atoms with Crippen LogP contribution in [0.1, 0.15) is 19.5 Å². The maximum Gasteiger partial charge on any atom is 0.325 e. The first-order valence-electron chi connectivity index (χ1n) is 5.34. The molecule has 6 heteroatoms. The third-order valence-electron chi connectivity index (χ3n) is 1.81. The summed E-state index contributed by atoms with van der Waals surface area (Å²) in [5.41, 5.74) is 0.767. The molecule has 1 heterocycles. The third-order valence-corrected chi connectivity index (χ3v) is 1.81. The smallest absolute Gasteiger partial charge is 0.325 e. The predicted molar refractivity (Wildman–Crippen MR) is 63.0 cm³/mol. The van der Waals surface area contributed by atoms with Gasteiger partial charge >= 0.3 is 5.97 Å². The lowest BCUT2D eigenvalue weighted by atomic mass is 10.4. The minimum Gasteiger partial charge on any atom is -0.475 e. The van der Waals surface area contributed by atoms with E-state index in [1.807, 2.05) is 20.8 Å². The first-order valence-corrected chi connectivity index (χ1v) is 5.34. The SMILES string of the molecule is COC(=O)CNc1nc(C)cc(OC(C)C)n1. The average molecular weight is 239 g/mol. The second-order valence-electron chi connectivity index (χ2n) is 3.77. The Morgan fingerprint density at radius 3 is 2.76 bits per heavy atom. The van der Waals surface area contributed by atoms with E-state index in [4.69, 9.17) is 4.74 Å². The van der Waals surface area contributed by atoms with Gasteiger partial charge in [0.2, 0.25) is 11.8 Å². The standard InChI is InChI=1S/C11H17N3O3/c1-7(2)17-9-5-8(3)13-11(14-9)12-6-10(15)16-4/h5,7H,6H2,1-4H3,(H,12,13,14). The van der Waals surface area contributed by atoms with Crippen LogP contribution < -0.4 is 10.1 Å². The van der Waals surface area contributed by atoms with Crippen molar-refractivity contribution >= 4 is 11.9 Å². The Morgan fingerprint density at radius 2 is 2.18 bits per heavy atom. The molecule has 94 valence electrons. The molecular formula is C11H17N3O3. The van der Waals surface area contributed by atoms with Gasteiger partial charge in [-0.25, -0.2) is 4.98 Å². The van der Waals surface area contributed by atoms with Crippen molar-refractivity contribution in [1.29, 1.82) is 0 Å². The summed E-state index contributed by atoms with van der Waals surface area (Å²) in [4.78, 5) is 19.2. The van der Waals surface area contributed by atoms with Gasteiger partial charge in [0.05, 0.1) is 13.2 Å². The number of anilines is 1. The Balaban J connectivity index is 2.71. The minimum absolute atomic E-state index is 0.0288. The van der Waals surface area contributed by atoms with E-state index in [1.54, 1.807) is 6.07 Å². The number of hydrogen-bond acceptors (Lipinski definition) is 6. The first kappa shape index (κ1) is 13.2. The molecule has 0 saturated heterocycles. The molecule has 0 amide bonds. The Hall–Kier alpha value is -1.85. The monoisotopic (exact) mass is 239 g/mol. The fraction of sp³-hybridized carbons (Fsp3) is 0.545. The number of rotatable bonds is 5. The first-order chi connectivity index (χ1) is 8.01. The fourth-order valence-electron chi connectivity index (χ4n) is 1.14. The van der Waals surface area contributed by atoms with Crippen LogP contribution in [-0.4, -0.2) is 35.7 Å². The van der Waals surface area contributed by atoms with E-state index in [9.17, 15) is 4.79 Å². The topological polar surface area (TPSA) is 73.3 Å². The quantitative estimate of drug-likeness (QED) is 0.777. The molecule has 1 aromatic rings. The normalized spacial score (nSPS) is 10.2. The zero-order valence-electron chi connectivity index (χ0n) is 10.5. The molecule has 0 aliphatic carbocycles. The number of aryl methyl sites for hydroxylation is 1. The fourth-order valence-corrected chi connectivity index (χ4v) is 1.14. The van der Waals surface area contributed by atoms with Gasteiger partial charge in [-0.3, -0.25) is 4.79 Å². The molecule has 0 saturated carbocycles. The molecule has 0 aliphatic heterocycles. The second-order valence-corrected chi connectivity index (χ2v) is 3.77. The van der Waals surface area contributed by atoms with Gasteiger partial charge in [-0.15, -0.1) is 0 Å². The van der Waals surface area contributed by atoms with Gasteiger partial charge in [0.1, 0.15) is 6.54 Å². The van der Waals surface area contributed by atoms with Crippen LogP contribution in [0, 0.1) is 6.92 Å². The highest BCUT2D eigenvalue weighted by atomic mass is 16.5. The molecule has 0 aromatic carbocycles. The Kier molecular flexibility index (Phi) is 4.68. The number of hydrogen-bond donors (Lipinski definition) is 1. The molecule has 1 N–H and O–H groups in total. The summed E-state index contributed by atoms with van der Waals surface area (Å²) in [7, 11) is 1.33. The lowest BCUT2D eigenvalue weighted by Crippen LogP contribution is -2.17. The van der Waals surface area contributed by atoms with Crippen molar-refractivity contribution in [3.8, 4) is 5.88 Å². The van der Waals surface area contributed by atoms with Crippen LogP contribution >= 0.6 is 0 Å². The largest absolute Gasteiger partial charge is 0.475 e. The van der Waals surface area contributed by atoms with E-state index in [0.29, 0.717) is 11.8 Å². The Bertz CT molecular complexity index is 394. The molecule has 0 radical (unpaired) electrons. The summed E-state index contributed by atoms with van der Waals surface area (Å²) >= 11 is 0. The van der Waals surface area contributed by atoms with Crippen molar-refractivity contribution in [3.05, 3.63) is 11.8 Å². The van der Waals surface area contributed by atoms with Crippen LogP contribution in [0.5, 0.6) is 5.88 Å².